The number of aromatic amines is 1. The molecule has 0 unspecified atom stereocenters. The van der Waals surface area contributed by atoms with E-state index in [1.165, 1.54) is 0 Å². The third kappa shape index (κ3) is 2.42. The molecule has 108 valence electrons. The standard InChI is InChI=1S/C16H17N3O2/c20-14(13-8-4-11-17-13)18-19-15(21)16(9-5-10-16)12-6-2-1-3-7-12/h1-4,6-8,11,17H,5,9-10H2,(H,18,20)(H,19,21). The molecule has 0 spiro atoms. The second kappa shape index (κ2) is 5.44. The van der Waals surface area contributed by atoms with E-state index in [1.54, 1.807) is 18.3 Å². The molecule has 3 N–H and O–H groups in total. The van der Waals surface area contributed by atoms with Gasteiger partial charge in [0.05, 0.1) is 5.41 Å². The van der Waals surface area contributed by atoms with Crippen molar-refractivity contribution in [2.75, 3.05) is 0 Å². The van der Waals surface area contributed by atoms with Gasteiger partial charge >= 0.3 is 0 Å². The van der Waals surface area contributed by atoms with E-state index in [0.717, 1.165) is 24.8 Å². The molecule has 0 radical (unpaired) electrons. The SMILES string of the molecule is O=C(NNC(=O)C1(c2ccccc2)CCC1)c1ccc[nH]1. The first kappa shape index (κ1) is 13.4. The van der Waals surface area contributed by atoms with Gasteiger partial charge in [-0.05, 0) is 30.5 Å². The van der Waals surface area contributed by atoms with Crippen LogP contribution in [0.2, 0.25) is 0 Å². The van der Waals surface area contributed by atoms with E-state index < -0.39 is 5.41 Å². The van der Waals surface area contributed by atoms with Crippen molar-refractivity contribution in [1.82, 2.24) is 15.8 Å². The van der Waals surface area contributed by atoms with Crippen LogP contribution in [0.1, 0.15) is 35.3 Å². The minimum atomic E-state index is -0.510. The van der Waals surface area contributed by atoms with E-state index >= 15 is 0 Å². The number of H-pyrrole nitrogens is 1. The summed E-state index contributed by atoms with van der Waals surface area (Å²) in [4.78, 5) is 27.1. The topological polar surface area (TPSA) is 74.0 Å². The number of nitrogens with one attached hydrogen (secondary N) is 3. The highest BCUT2D eigenvalue weighted by Gasteiger charge is 2.45. The fourth-order valence-corrected chi connectivity index (χ4v) is 2.71. The molecule has 2 amide bonds. The smallest absolute Gasteiger partial charge is 0.286 e. The van der Waals surface area contributed by atoms with Gasteiger partial charge in [0.15, 0.2) is 0 Å². The predicted molar refractivity (Wildman–Crippen MR) is 78.4 cm³/mol. The van der Waals surface area contributed by atoms with Crippen molar-refractivity contribution < 1.29 is 9.59 Å². The number of benzene rings is 1. The number of hydrogen-bond acceptors (Lipinski definition) is 2. The molecule has 0 bridgehead atoms. The van der Waals surface area contributed by atoms with Gasteiger partial charge in [0.2, 0.25) is 5.91 Å². The summed E-state index contributed by atoms with van der Waals surface area (Å²) in [6.45, 7) is 0. The van der Waals surface area contributed by atoms with E-state index in [-0.39, 0.29) is 11.8 Å². The normalized spacial score (nSPS) is 15.8. The first-order chi connectivity index (χ1) is 10.2. The maximum absolute atomic E-state index is 12.5. The van der Waals surface area contributed by atoms with Gasteiger partial charge in [-0.15, -0.1) is 0 Å². The third-order valence-corrected chi connectivity index (χ3v) is 4.10. The monoisotopic (exact) mass is 283 g/mol. The van der Waals surface area contributed by atoms with Gasteiger partial charge in [-0.2, -0.15) is 0 Å². The molecule has 1 aliphatic carbocycles. The van der Waals surface area contributed by atoms with Gasteiger partial charge < -0.3 is 4.98 Å². The number of carbonyl (C=O) groups excluding carboxylic acids is 2. The average molecular weight is 283 g/mol. The summed E-state index contributed by atoms with van der Waals surface area (Å²) in [5.41, 5.74) is 5.92. The molecule has 2 aromatic rings. The Morgan fingerprint density at radius 1 is 1.00 bits per heavy atom. The van der Waals surface area contributed by atoms with E-state index in [1.807, 2.05) is 30.3 Å². The van der Waals surface area contributed by atoms with Crippen molar-refractivity contribution in [3.63, 3.8) is 0 Å². The van der Waals surface area contributed by atoms with Crippen molar-refractivity contribution in [3.8, 4) is 0 Å². The fourth-order valence-electron chi connectivity index (χ4n) is 2.71. The second-order valence-corrected chi connectivity index (χ2v) is 5.29. The lowest BCUT2D eigenvalue weighted by molar-refractivity contribution is -0.130. The number of aromatic nitrogens is 1. The highest BCUT2D eigenvalue weighted by molar-refractivity contribution is 5.95. The highest BCUT2D eigenvalue weighted by atomic mass is 16.2. The van der Waals surface area contributed by atoms with Crippen molar-refractivity contribution in [2.24, 2.45) is 0 Å². The minimum absolute atomic E-state index is 0.153. The van der Waals surface area contributed by atoms with Gasteiger partial charge in [-0.1, -0.05) is 36.8 Å². The van der Waals surface area contributed by atoms with E-state index in [2.05, 4.69) is 15.8 Å². The first-order valence-corrected chi connectivity index (χ1v) is 7.02. The molecular weight excluding hydrogens is 266 g/mol. The molecule has 3 rings (SSSR count). The van der Waals surface area contributed by atoms with E-state index in [0.29, 0.717) is 5.69 Å². The Morgan fingerprint density at radius 2 is 1.76 bits per heavy atom. The highest BCUT2D eigenvalue weighted by Crippen LogP contribution is 2.43. The number of hydrogen-bond donors (Lipinski definition) is 3. The number of rotatable bonds is 3. The van der Waals surface area contributed by atoms with E-state index in [4.69, 9.17) is 0 Å². The zero-order chi connectivity index (χ0) is 14.7. The van der Waals surface area contributed by atoms with Crippen LogP contribution in [-0.2, 0) is 10.2 Å². The molecule has 1 aromatic heterocycles. The summed E-state index contributed by atoms with van der Waals surface area (Å²) >= 11 is 0. The summed E-state index contributed by atoms with van der Waals surface area (Å²) in [5, 5.41) is 0. The maximum Gasteiger partial charge on any atom is 0.286 e. The fraction of sp³-hybridized carbons (Fsp3) is 0.250. The zero-order valence-corrected chi connectivity index (χ0v) is 11.6. The molecular formula is C16H17N3O2. The Balaban J connectivity index is 1.68. The summed E-state index contributed by atoms with van der Waals surface area (Å²) in [7, 11) is 0. The molecule has 0 saturated heterocycles. The largest absolute Gasteiger partial charge is 0.357 e. The molecule has 1 fully saturated rings. The molecule has 1 aromatic carbocycles. The molecule has 0 atom stereocenters. The van der Waals surface area contributed by atoms with Crippen LogP contribution in [0.3, 0.4) is 0 Å². The van der Waals surface area contributed by atoms with Crippen molar-refractivity contribution in [2.45, 2.75) is 24.7 Å². The van der Waals surface area contributed by atoms with Crippen LogP contribution >= 0.6 is 0 Å². The van der Waals surface area contributed by atoms with Crippen molar-refractivity contribution in [1.29, 1.82) is 0 Å². The lowest BCUT2D eigenvalue weighted by Crippen LogP contribution is -2.54. The van der Waals surface area contributed by atoms with Crippen LogP contribution < -0.4 is 10.9 Å². The average Bonchev–Trinajstić information content (AvgIpc) is 2.99. The minimum Gasteiger partial charge on any atom is -0.357 e. The number of carbonyl (C=O) groups is 2. The van der Waals surface area contributed by atoms with Gasteiger partial charge in [-0.3, -0.25) is 20.4 Å². The molecule has 1 aliphatic rings. The quantitative estimate of drug-likeness (QED) is 0.753. The zero-order valence-electron chi connectivity index (χ0n) is 11.6. The Bertz CT molecular complexity index is 631. The molecule has 5 nitrogen and oxygen atoms in total. The Labute approximate surface area is 122 Å². The van der Waals surface area contributed by atoms with Crippen LogP contribution in [0, 0.1) is 0 Å². The lowest BCUT2D eigenvalue weighted by Gasteiger charge is -2.40. The van der Waals surface area contributed by atoms with Crippen LogP contribution in [0.4, 0.5) is 0 Å². The number of hydrazine groups is 1. The van der Waals surface area contributed by atoms with Gasteiger partial charge in [-0.25, -0.2) is 0 Å². The predicted octanol–water partition coefficient (Wildman–Crippen LogP) is 1.90. The summed E-state index contributed by atoms with van der Waals surface area (Å²) < 4.78 is 0. The lowest BCUT2D eigenvalue weighted by atomic mass is 9.64. The van der Waals surface area contributed by atoms with Gasteiger partial charge in [0.1, 0.15) is 5.69 Å². The summed E-state index contributed by atoms with van der Waals surface area (Å²) in [6.07, 6.45) is 4.30. The van der Waals surface area contributed by atoms with Gasteiger partial charge in [0.25, 0.3) is 5.91 Å². The van der Waals surface area contributed by atoms with Crippen LogP contribution in [0.25, 0.3) is 0 Å². The first-order valence-electron chi connectivity index (χ1n) is 7.02. The maximum atomic E-state index is 12.5. The van der Waals surface area contributed by atoms with Crippen molar-refractivity contribution in [3.05, 3.63) is 59.9 Å². The molecule has 1 heterocycles. The Kier molecular flexibility index (Phi) is 3.48. The van der Waals surface area contributed by atoms with Crippen LogP contribution in [0.5, 0.6) is 0 Å². The molecule has 21 heavy (non-hydrogen) atoms. The van der Waals surface area contributed by atoms with E-state index in [9.17, 15) is 9.59 Å². The molecule has 0 aliphatic heterocycles. The molecule has 1 saturated carbocycles. The van der Waals surface area contributed by atoms with Crippen LogP contribution in [-0.4, -0.2) is 16.8 Å². The Hall–Kier alpha value is -2.56. The Morgan fingerprint density at radius 3 is 2.33 bits per heavy atom. The summed E-state index contributed by atoms with van der Waals surface area (Å²) in [5.74, 6) is -0.504. The summed E-state index contributed by atoms with van der Waals surface area (Å²) in [6, 6.07) is 13.1. The van der Waals surface area contributed by atoms with Gasteiger partial charge in [0, 0.05) is 6.20 Å². The van der Waals surface area contributed by atoms with Crippen molar-refractivity contribution >= 4 is 11.8 Å². The second-order valence-electron chi connectivity index (χ2n) is 5.29. The van der Waals surface area contributed by atoms with Crippen LogP contribution in [0.15, 0.2) is 48.7 Å². The number of amides is 2. The third-order valence-electron chi connectivity index (χ3n) is 4.10. The molecule has 5 heteroatoms.